The zero-order chi connectivity index (χ0) is 16.0. The lowest BCUT2D eigenvalue weighted by Crippen LogP contribution is -2.35. The van der Waals surface area contributed by atoms with E-state index in [0.717, 1.165) is 10.0 Å². The normalized spacial score (nSPS) is 11.6. The minimum Gasteiger partial charge on any atom is -0.482 e. The fourth-order valence-electron chi connectivity index (χ4n) is 1.62. The van der Waals surface area contributed by atoms with Gasteiger partial charge in [0.1, 0.15) is 5.75 Å². The molecule has 0 aliphatic carbocycles. The van der Waals surface area contributed by atoms with Gasteiger partial charge in [0.15, 0.2) is 6.61 Å². The van der Waals surface area contributed by atoms with Crippen LogP contribution in [0.1, 0.15) is 40.2 Å². The van der Waals surface area contributed by atoms with Crippen LogP contribution in [0.5, 0.6) is 5.75 Å². The quantitative estimate of drug-likeness (QED) is 0.789. The van der Waals surface area contributed by atoms with Crippen molar-refractivity contribution < 1.29 is 14.3 Å². The lowest BCUT2D eigenvalue weighted by molar-refractivity contribution is -0.149. The number of hydrogen-bond acceptors (Lipinski definition) is 4. The highest BCUT2D eigenvalue weighted by molar-refractivity contribution is 9.10. The molecule has 1 N–H and O–H groups in total. The molecule has 0 fully saturated rings. The van der Waals surface area contributed by atoms with Crippen molar-refractivity contribution in [2.24, 2.45) is 0 Å². The Morgan fingerprint density at radius 2 is 2.00 bits per heavy atom. The number of esters is 1. The molecule has 1 aromatic carbocycles. The second-order valence-electron chi connectivity index (χ2n) is 6.18. The summed E-state index contributed by atoms with van der Waals surface area (Å²) in [5.74, 6) is 0.332. The topological polar surface area (TPSA) is 47.6 Å². The summed E-state index contributed by atoms with van der Waals surface area (Å²) in [5.41, 5.74) is 1.01. The van der Waals surface area contributed by atoms with E-state index in [1.54, 1.807) is 0 Å². The van der Waals surface area contributed by atoms with E-state index in [4.69, 9.17) is 9.47 Å². The molecule has 0 bridgehead atoms. The first-order chi connectivity index (χ1) is 9.67. The summed E-state index contributed by atoms with van der Waals surface area (Å²) in [6.07, 6.45) is -0.131. The van der Waals surface area contributed by atoms with Gasteiger partial charge in [-0.1, -0.05) is 15.9 Å². The zero-order valence-electron chi connectivity index (χ0n) is 13.3. The third-order valence-electron chi connectivity index (χ3n) is 2.54. The smallest absolute Gasteiger partial charge is 0.344 e. The molecule has 0 aromatic heterocycles. The molecule has 0 heterocycles. The largest absolute Gasteiger partial charge is 0.482 e. The fourth-order valence-corrected chi connectivity index (χ4v) is 2.03. The van der Waals surface area contributed by atoms with Crippen molar-refractivity contribution in [1.82, 2.24) is 5.32 Å². The van der Waals surface area contributed by atoms with Crippen molar-refractivity contribution in [3.63, 3.8) is 0 Å². The predicted molar refractivity (Wildman–Crippen MR) is 87.5 cm³/mol. The van der Waals surface area contributed by atoms with Gasteiger partial charge in [-0.05, 0) is 52.8 Å². The SMILES string of the molecule is CC(C)OC(=O)COc1ccc(Br)cc1CNC(C)(C)C. The van der Waals surface area contributed by atoms with E-state index in [1.807, 2.05) is 32.0 Å². The van der Waals surface area contributed by atoms with Gasteiger partial charge in [0.05, 0.1) is 6.10 Å². The van der Waals surface area contributed by atoms with Gasteiger partial charge in [-0.15, -0.1) is 0 Å². The fraction of sp³-hybridized carbons (Fsp3) is 0.562. The highest BCUT2D eigenvalue weighted by Gasteiger charge is 2.13. The van der Waals surface area contributed by atoms with Crippen molar-refractivity contribution >= 4 is 21.9 Å². The second kappa shape index (κ2) is 7.80. The molecule has 0 aliphatic rings. The maximum atomic E-state index is 11.6. The average Bonchev–Trinajstić information content (AvgIpc) is 2.33. The molecule has 0 saturated carbocycles. The molecule has 5 heteroatoms. The maximum Gasteiger partial charge on any atom is 0.344 e. The molecular weight excluding hydrogens is 334 g/mol. The van der Waals surface area contributed by atoms with Crippen LogP contribution >= 0.6 is 15.9 Å². The Kier molecular flexibility index (Phi) is 6.68. The van der Waals surface area contributed by atoms with E-state index in [2.05, 4.69) is 42.0 Å². The number of rotatable bonds is 6. The molecule has 1 rings (SSSR count). The number of nitrogens with one attached hydrogen (secondary N) is 1. The van der Waals surface area contributed by atoms with E-state index in [1.165, 1.54) is 0 Å². The highest BCUT2D eigenvalue weighted by atomic mass is 79.9. The van der Waals surface area contributed by atoms with Crippen LogP contribution in [0.15, 0.2) is 22.7 Å². The molecule has 118 valence electrons. The summed E-state index contributed by atoms with van der Waals surface area (Å²) in [7, 11) is 0. The van der Waals surface area contributed by atoms with Gasteiger partial charge < -0.3 is 14.8 Å². The number of halogens is 1. The molecule has 0 atom stereocenters. The molecule has 21 heavy (non-hydrogen) atoms. The van der Waals surface area contributed by atoms with Crippen molar-refractivity contribution in [3.8, 4) is 5.75 Å². The second-order valence-corrected chi connectivity index (χ2v) is 7.10. The number of ether oxygens (including phenoxy) is 2. The number of carbonyl (C=O) groups excluding carboxylic acids is 1. The Bertz CT molecular complexity index is 481. The lowest BCUT2D eigenvalue weighted by atomic mass is 10.1. The Balaban J connectivity index is 2.70. The first-order valence-corrected chi connectivity index (χ1v) is 7.82. The molecule has 0 aliphatic heterocycles. The molecular formula is C16H24BrNO3. The third kappa shape index (κ3) is 7.48. The van der Waals surface area contributed by atoms with Crippen molar-refractivity contribution in [3.05, 3.63) is 28.2 Å². The van der Waals surface area contributed by atoms with Crippen LogP contribution in [-0.2, 0) is 16.1 Å². The third-order valence-corrected chi connectivity index (χ3v) is 3.04. The van der Waals surface area contributed by atoms with E-state index >= 15 is 0 Å². The summed E-state index contributed by atoms with van der Waals surface area (Å²) < 4.78 is 11.6. The Labute approximate surface area is 135 Å². The van der Waals surface area contributed by atoms with Crippen molar-refractivity contribution in [2.75, 3.05) is 6.61 Å². The van der Waals surface area contributed by atoms with E-state index < -0.39 is 0 Å². The minimum atomic E-state index is -0.359. The molecule has 0 saturated heterocycles. The van der Waals surface area contributed by atoms with Crippen LogP contribution < -0.4 is 10.1 Å². The molecule has 1 aromatic rings. The molecule has 4 nitrogen and oxygen atoms in total. The summed E-state index contributed by atoms with van der Waals surface area (Å²) in [4.78, 5) is 11.6. The summed E-state index contributed by atoms with van der Waals surface area (Å²) in [6.45, 7) is 10.5. The van der Waals surface area contributed by atoms with Crippen LogP contribution in [-0.4, -0.2) is 24.2 Å². The summed E-state index contributed by atoms with van der Waals surface area (Å²) >= 11 is 3.45. The minimum absolute atomic E-state index is 0.0101. The molecule has 0 spiro atoms. The molecule has 0 radical (unpaired) electrons. The van der Waals surface area contributed by atoms with Gasteiger partial charge in [-0.2, -0.15) is 0 Å². The Morgan fingerprint density at radius 3 is 2.57 bits per heavy atom. The average molecular weight is 358 g/mol. The van der Waals surface area contributed by atoms with E-state index in [-0.39, 0.29) is 24.2 Å². The zero-order valence-corrected chi connectivity index (χ0v) is 14.9. The molecule has 0 amide bonds. The van der Waals surface area contributed by atoms with Gasteiger partial charge in [0.25, 0.3) is 0 Å². The summed E-state index contributed by atoms with van der Waals surface area (Å²) in [5, 5.41) is 3.41. The number of carbonyl (C=O) groups is 1. The predicted octanol–water partition coefficient (Wildman–Crippen LogP) is 3.67. The van der Waals surface area contributed by atoms with Gasteiger partial charge in [-0.25, -0.2) is 4.79 Å². The van der Waals surface area contributed by atoms with E-state index in [0.29, 0.717) is 12.3 Å². The van der Waals surface area contributed by atoms with Crippen molar-refractivity contribution in [1.29, 1.82) is 0 Å². The highest BCUT2D eigenvalue weighted by Crippen LogP contribution is 2.24. The first kappa shape index (κ1) is 18.0. The van der Waals surface area contributed by atoms with Crippen LogP contribution in [0, 0.1) is 0 Å². The van der Waals surface area contributed by atoms with Gasteiger partial charge in [-0.3, -0.25) is 0 Å². The first-order valence-electron chi connectivity index (χ1n) is 7.03. The van der Waals surface area contributed by atoms with Crippen molar-refractivity contribution in [2.45, 2.75) is 52.8 Å². The maximum absolute atomic E-state index is 11.6. The monoisotopic (exact) mass is 357 g/mol. The number of benzene rings is 1. The summed E-state index contributed by atoms with van der Waals surface area (Å²) in [6, 6.07) is 5.73. The van der Waals surface area contributed by atoms with Crippen LogP contribution in [0.25, 0.3) is 0 Å². The van der Waals surface area contributed by atoms with Gasteiger partial charge in [0.2, 0.25) is 0 Å². The van der Waals surface area contributed by atoms with Crippen LogP contribution in [0.2, 0.25) is 0 Å². The molecule has 0 unspecified atom stereocenters. The lowest BCUT2D eigenvalue weighted by Gasteiger charge is -2.22. The Morgan fingerprint density at radius 1 is 1.33 bits per heavy atom. The standard InChI is InChI=1S/C16H24BrNO3/c1-11(2)21-15(19)10-20-14-7-6-13(17)8-12(14)9-18-16(3,4)5/h6-8,11,18H,9-10H2,1-5H3. The van der Waals surface area contributed by atoms with Crippen LogP contribution in [0.4, 0.5) is 0 Å². The van der Waals surface area contributed by atoms with Gasteiger partial charge in [0, 0.05) is 22.1 Å². The van der Waals surface area contributed by atoms with Crippen LogP contribution in [0.3, 0.4) is 0 Å². The number of hydrogen-bond donors (Lipinski definition) is 1. The Hall–Kier alpha value is -1.07. The van der Waals surface area contributed by atoms with Gasteiger partial charge >= 0.3 is 5.97 Å². The van der Waals surface area contributed by atoms with E-state index in [9.17, 15) is 4.79 Å².